The summed E-state index contributed by atoms with van der Waals surface area (Å²) in [5.41, 5.74) is 4.86. The van der Waals surface area contributed by atoms with Crippen molar-refractivity contribution in [1.29, 1.82) is 0 Å². The number of carbonyl (C=O) groups excluding carboxylic acids is 1. The lowest BCUT2D eigenvalue weighted by atomic mass is 9.88. The molecule has 0 saturated heterocycles. The largest absolute Gasteiger partial charge is 0.344 e. The molecule has 2 rings (SSSR count). The van der Waals surface area contributed by atoms with E-state index in [0.29, 0.717) is 5.69 Å². The topological polar surface area (TPSA) is 90.0 Å². The number of rotatable bonds is 5. The van der Waals surface area contributed by atoms with E-state index in [2.05, 4.69) is 10.4 Å². The van der Waals surface area contributed by atoms with Gasteiger partial charge in [0.25, 0.3) is 5.91 Å². The fourth-order valence-electron chi connectivity index (χ4n) is 2.32. The predicted octanol–water partition coefficient (Wildman–Crippen LogP) is 1.78. The number of nitrogens with one attached hydrogen (secondary N) is 1. The first kappa shape index (κ1) is 18.8. The summed E-state index contributed by atoms with van der Waals surface area (Å²) in [4.78, 5) is 24.8. The summed E-state index contributed by atoms with van der Waals surface area (Å²) >= 11 is 0. The Morgan fingerprint density at radius 2 is 2.04 bits per heavy atom. The van der Waals surface area contributed by atoms with Crippen molar-refractivity contribution < 1.29 is 9.18 Å². The monoisotopic (exact) mass is 346 g/mol. The minimum Gasteiger partial charge on any atom is -0.344 e. The molecule has 1 unspecified atom stereocenters. The zero-order chi connectivity index (χ0) is 18.8. The average molecular weight is 346 g/mol. The second-order valence-electron chi connectivity index (χ2n) is 6.59. The van der Waals surface area contributed by atoms with E-state index in [0.717, 1.165) is 0 Å². The lowest BCUT2D eigenvalue weighted by Gasteiger charge is -2.33. The van der Waals surface area contributed by atoms with Crippen LogP contribution in [-0.2, 0) is 0 Å². The third-order valence-corrected chi connectivity index (χ3v) is 4.50. The number of halogens is 1. The third-order valence-electron chi connectivity index (χ3n) is 4.50. The average Bonchev–Trinajstić information content (AvgIpc) is 2.55. The van der Waals surface area contributed by atoms with E-state index in [1.165, 1.54) is 22.9 Å². The van der Waals surface area contributed by atoms with Crippen LogP contribution in [0.25, 0.3) is 5.69 Å². The molecule has 0 aliphatic rings. The highest BCUT2D eigenvalue weighted by atomic mass is 19.1. The Bertz CT molecular complexity index is 847. The zero-order valence-corrected chi connectivity index (χ0v) is 14.8. The first-order valence-corrected chi connectivity index (χ1v) is 8.08. The van der Waals surface area contributed by atoms with E-state index in [1.54, 1.807) is 26.0 Å². The van der Waals surface area contributed by atoms with E-state index in [-0.39, 0.29) is 23.8 Å². The van der Waals surface area contributed by atoms with Gasteiger partial charge in [-0.1, -0.05) is 26.0 Å². The fraction of sp³-hybridized carbons (Fsp3) is 0.389. The highest BCUT2D eigenvalue weighted by molar-refractivity contribution is 5.92. The third kappa shape index (κ3) is 3.76. The van der Waals surface area contributed by atoms with Gasteiger partial charge in [-0.05, 0) is 31.9 Å². The van der Waals surface area contributed by atoms with Gasteiger partial charge in [-0.2, -0.15) is 5.10 Å². The summed E-state index contributed by atoms with van der Waals surface area (Å²) in [6.07, 6.45) is 0. The van der Waals surface area contributed by atoms with Crippen LogP contribution in [0.4, 0.5) is 4.39 Å². The van der Waals surface area contributed by atoms with Crippen LogP contribution in [0.15, 0.2) is 35.1 Å². The number of hydrogen-bond donors (Lipinski definition) is 2. The Hall–Kier alpha value is -2.54. The molecule has 1 aromatic heterocycles. The Morgan fingerprint density at radius 3 is 2.60 bits per heavy atom. The molecule has 3 N–H and O–H groups in total. The molecule has 0 bridgehead atoms. The molecule has 2 aromatic rings. The molecule has 1 amide bonds. The Balaban J connectivity index is 2.50. The molecule has 0 aliphatic heterocycles. The van der Waals surface area contributed by atoms with Crippen molar-refractivity contribution in [2.75, 3.05) is 6.54 Å². The molecular weight excluding hydrogens is 323 g/mol. The summed E-state index contributed by atoms with van der Waals surface area (Å²) < 4.78 is 15.3. The molecule has 0 fully saturated rings. The number of hydrogen-bond acceptors (Lipinski definition) is 4. The van der Waals surface area contributed by atoms with Crippen LogP contribution < -0.4 is 16.5 Å². The number of benzene rings is 1. The number of aromatic nitrogens is 2. The van der Waals surface area contributed by atoms with Gasteiger partial charge in [0.2, 0.25) is 5.43 Å². The molecular formula is C18H23FN4O2. The van der Waals surface area contributed by atoms with Crippen molar-refractivity contribution in [2.45, 2.75) is 33.2 Å². The van der Waals surface area contributed by atoms with Crippen LogP contribution >= 0.6 is 0 Å². The number of nitrogens with two attached hydrogens (primary N) is 1. The number of amides is 1. The molecule has 134 valence electrons. The second-order valence-corrected chi connectivity index (χ2v) is 6.59. The van der Waals surface area contributed by atoms with Gasteiger partial charge in [0.15, 0.2) is 5.69 Å². The van der Waals surface area contributed by atoms with Crippen LogP contribution in [0.2, 0.25) is 0 Å². The summed E-state index contributed by atoms with van der Waals surface area (Å²) in [6, 6.07) is 7.29. The number of para-hydroxylation sites is 1. The van der Waals surface area contributed by atoms with Gasteiger partial charge in [-0.25, -0.2) is 9.07 Å². The molecule has 6 nitrogen and oxygen atoms in total. The van der Waals surface area contributed by atoms with Crippen LogP contribution in [0.3, 0.4) is 0 Å². The highest BCUT2D eigenvalue weighted by Gasteiger charge is 2.30. The SMILES string of the molecule is Cc1cc(=O)c(C(=O)NC(C)(CN)C(C)C)nn1-c1ccccc1F. The smallest absolute Gasteiger partial charge is 0.276 e. The number of aryl methyl sites for hydroxylation is 1. The van der Waals surface area contributed by atoms with Crippen molar-refractivity contribution in [1.82, 2.24) is 15.1 Å². The molecule has 1 heterocycles. The fourth-order valence-corrected chi connectivity index (χ4v) is 2.32. The van der Waals surface area contributed by atoms with Gasteiger partial charge in [0.05, 0.1) is 5.54 Å². The van der Waals surface area contributed by atoms with Crippen LogP contribution in [0.1, 0.15) is 37.0 Å². The van der Waals surface area contributed by atoms with Gasteiger partial charge in [0, 0.05) is 18.3 Å². The van der Waals surface area contributed by atoms with Crippen molar-refractivity contribution in [3.05, 3.63) is 57.8 Å². The van der Waals surface area contributed by atoms with Crippen LogP contribution in [0, 0.1) is 18.7 Å². The summed E-state index contributed by atoms with van der Waals surface area (Å²) in [5.74, 6) is -1.07. The lowest BCUT2D eigenvalue weighted by molar-refractivity contribution is 0.0875. The molecule has 0 saturated carbocycles. The van der Waals surface area contributed by atoms with Gasteiger partial charge in [-0.15, -0.1) is 0 Å². The highest BCUT2D eigenvalue weighted by Crippen LogP contribution is 2.16. The Morgan fingerprint density at radius 1 is 1.40 bits per heavy atom. The van der Waals surface area contributed by atoms with Gasteiger partial charge >= 0.3 is 0 Å². The normalized spacial score (nSPS) is 13.6. The minimum atomic E-state index is -0.682. The maximum atomic E-state index is 14.1. The van der Waals surface area contributed by atoms with Gasteiger partial charge in [-0.3, -0.25) is 9.59 Å². The van der Waals surface area contributed by atoms with Crippen LogP contribution in [0.5, 0.6) is 0 Å². The molecule has 0 aliphatic carbocycles. The molecule has 7 heteroatoms. The molecule has 0 radical (unpaired) electrons. The Labute approximate surface area is 145 Å². The second kappa shape index (κ2) is 7.14. The van der Waals surface area contributed by atoms with Gasteiger partial charge < -0.3 is 11.1 Å². The number of carbonyl (C=O) groups is 1. The lowest BCUT2D eigenvalue weighted by Crippen LogP contribution is -2.55. The molecule has 1 atom stereocenters. The maximum absolute atomic E-state index is 14.1. The summed E-state index contributed by atoms with van der Waals surface area (Å²) in [5, 5.41) is 6.87. The van der Waals surface area contributed by atoms with Crippen molar-refractivity contribution in [2.24, 2.45) is 11.7 Å². The van der Waals surface area contributed by atoms with Gasteiger partial charge in [0.1, 0.15) is 11.5 Å². The molecule has 25 heavy (non-hydrogen) atoms. The quantitative estimate of drug-likeness (QED) is 0.863. The van der Waals surface area contributed by atoms with Crippen molar-refractivity contribution >= 4 is 5.91 Å². The maximum Gasteiger partial charge on any atom is 0.276 e. The van der Waals surface area contributed by atoms with Crippen molar-refractivity contribution in [3.8, 4) is 5.69 Å². The van der Waals surface area contributed by atoms with E-state index >= 15 is 0 Å². The first-order chi connectivity index (χ1) is 11.7. The minimum absolute atomic E-state index is 0.0562. The summed E-state index contributed by atoms with van der Waals surface area (Å²) in [7, 11) is 0. The standard InChI is InChI=1S/C18H23FN4O2/c1-11(2)18(4,10-20)21-17(25)16-15(24)9-12(3)23(22-16)14-8-6-5-7-13(14)19/h5-9,11H,10,20H2,1-4H3,(H,21,25). The van der Waals surface area contributed by atoms with Crippen LogP contribution in [-0.4, -0.2) is 27.8 Å². The molecule has 1 aromatic carbocycles. The summed E-state index contributed by atoms with van der Waals surface area (Å²) in [6.45, 7) is 7.49. The van der Waals surface area contributed by atoms with Crippen molar-refractivity contribution in [3.63, 3.8) is 0 Å². The zero-order valence-electron chi connectivity index (χ0n) is 14.8. The van der Waals surface area contributed by atoms with E-state index in [9.17, 15) is 14.0 Å². The molecule has 0 spiro atoms. The first-order valence-electron chi connectivity index (χ1n) is 8.08. The van der Waals surface area contributed by atoms with E-state index in [1.807, 2.05) is 13.8 Å². The Kier molecular flexibility index (Phi) is 5.37. The van der Waals surface area contributed by atoms with E-state index < -0.39 is 22.7 Å². The predicted molar refractivity (Wildman–Crippen MR) is 94.3 cm³/mol. The van der Waals surface area contributed by atoms with E-state index in [4.69, 9.17) is 5.73 Å². The number of nitrogens with zero attached hydrogens (tertiary/aromatic N) is 2.